The Morgan fingerprint density at radius 3 is 2.78 bits per heavy atom. The molecule has 0 radical (unpaired) electrons. The molecule has 1 saturated carbocycles. The lowest BCUT2D eigenvalue weighted by Crippen LogP contribution is -2.53. The monoisotopic (exact) mass is 466 g/mol. The van der Waals surface area contributed by atoms with Crippen LogP contribution in [0, 0.1) is 23.2 Å². The van der Waals surface area contributed by atoms with Gasteiger partial charge in [-0.3, -0.25) is 9.59 Å². The van der Waals surface area contributed by atoms with Crippen molar-refractivity contribution < 1.29 is 19.4 Å². The van der Waals surface area contributed by atoms with Crippen LogP contribution in [0.1, 0.15) is 50.1 Å². The third kappa shape index (κ3) is 5.16. The van der Waals surface area contributed by atoms with Crippen LogP contribution in [0.3, 0.4) is 0 Å². The molecule has 180 valence electrons. The van der Waals surface area contributed by atoms with Crippen LogP contribution in [0.5, 0.6) is 0 Å². The van der Waals surface area contributed by atoms with E-state index in [4.69, 9.17) is 9.72 Å². The minimum Gasteiger partial charge on any atom is -0.392 e. The number of nitrogens with zero attached hydrogens (tertiary/aromatic N) is 2. The summed E-state index contributed by atoms with van der Waals surface area (Å²) in [7, 11) is 5.32. The van der Waals surface area contributed by atoms with Crippen molar-refractivity contribution in [3.63, 3.8) is 0 Å². The summed E-state index contributed by atoms with van der Waals surface area (Å²) in [5.41, 5.74) is 0.931. The van der Waals surface area contributed by atoms with Gasteiger partial charge in [-0.05, 0) is 50.6 Å². The topological polar surface area (TPSA) is 104 Å². The zero-order valence-electron chi connectivity index (χ0n) is 20.1. The number of thiazole rings is 1. The van der Waals surface area contributed by atoms with Gasteiger partial charge in [0.05, 0.1) is 24.9 Å². The number of hydrogen-bond donors (Lipinski definition) is 3. The van der Waals surface area contributed by atoms with E-state index in [1.54, 1.807) is 18.4 Å². The number of likely N-dealkylation sites (N-methyl/N-ethyl adjacent to an activating group) is 1. The van der Waals surface area contributed by atoms with Crippen LogP contribution in [0.4, 0.5) is 5.13 Å². The standard InChI is InChI=1S/C23H38N4O4S/c1-13(21(30)24-9-10-31-6)15-7-8-23(3)11-16-19(14(2)18(23)20(15)29)26-22(32-16)25-17(28)12-27(4)5/h13-15,18,20,29H,7-12H2,1-6H3,(H,24,30)(H,25,26,28)/t13-,14-,15-,18+,20-,23+/m0/s1. The molecule has 1 aromatic heterocycles. The first-order valence-corrected chi connectivity index (χ1v) is 12.3. The van der Waals surface area contributed by atoms with Crippen LogP contribution in [0.15, 0.2) is 0 Å². The second kappa shape index (κ2) is 10.2. The first-order valence-electron chi connectivity index (χ1n) is 11.5. The van der Waals surface area contributed by atoms with Crippen LogP contribution in [0.25, 0.3) is 0 Å². The molecule has 2 amide bonds. The second-order valence-corrected chi connectivity index (χ2v) is 11.1. The molecule has 0 aliphatic heterocycles. The Bertz CT molecular complexity index is 829. The maximum Gasteiger partial charge on any atom is 0.240 e. The van der Waals surface area contributed by atoms with Gasteiger partial charge in [0, 0.05) is 30.4 Å². The summed E-state index contributed by atoms with van der Waals surface area (Å²) in [5, 5.41) is 17.9. The summed E-state index contributed by atoms with van der Waals surface area (Å²) in [5.74, 6) is -0.380. The lowest BCUT2D eigenvalue weighted by Gasteiger charge is -2.53. The highest BCUT2D eigenvalue weighted by molar-refractivity contribution is 7.15. The van der Waals surface area contributed by atoms with Crippen LogP contribution >= 0.6 is 11.3 Å². The maximum absolute atomic E-state index is 12.6. The fourth-order valence-electron chi connectivity index (χ4n) is 5.68. The summed E-state index contributed by atoms with van der Waals surface area (Å²) in [4.78, 5) is 32.6. The number of fused-ring (bicyclic) bond motifs is 2. The van der Waals surface area contributed by atoms with Gasteiger partial charge in [0.25, 0.3) is 0 Å². The Balaban J connectivity index is 1.76. The average Bonchev–Trinajstić information content (AvgIpc) is 3.08. The highest BCUT2D eigenvalue weighted by atomic mass is 32.1. The highest BCUT2D eigenvalue weighted by Crippen LogP contribution is 2.57. The first-order chi connectivity index (χ1) is 15.1. The van der Waals surface area contributed by atoms with Gasteiger partial charge < -0.3 is 25.4 Å². The van der Waals surface area contributed by atoms with Crippen LogP contribution < -0.4 is 10.6 Å². The molecule has 1 fully saturated rings. The number of aromatic nitrogens is 1. The Hall–Kier alpha value is -1.55. The third-order valence-corrected chi connectivity index (χ3v) is 8.28. The number of carbonyl (C=O) groups is 2. The number of aliphatic hydroxyl groups is 1. The SMILES string of the molecule is COCCNC(=O)[C@@H](C)[C@@H]1CC[C@]2(C)Cc3sc(NC(=O)CN(C)C)nc3[C@@H](C)[C@@H]2[C@H]1O. The largest absolute Gasteiger partial charge is 0.392 e. The minimum atomic E-state index is -0.575. The minimum absolute atomic E-state index is 0.0235. The van der Waals surface area contributed by atoms with Crippen molar-refractivity contribution in [2.75, 3.05) is 46.2 Å². The van der Waals surface area contributed by atoms with Gasteiger partial charge in [-0.2, -0.15) is 0 Å². The van der Waals surface area contributed by atoms with Gasteiger partial charge in [-0.25, -0.2) is 4.98 Å². The lowest BCUT2D eigenvalue weighted by atomic mass is 9.53. The molecule has 1 aromatic rings. The summed E-state index contributed by atoms with van der Waals surface area (Å²) in [6.07, 6.45) is 2.05. The van der Waals surface area contributed by atoms with E-state index in [1.807, 2.05) is 25.9 Å². The Labute approximate surface area is 195 Å². The molecule has 1 heterocycles. The van der Waals surface area contributed by atoms with Gasteiger partial charge in [-0.1, -0.05) is 20.8 Å². The van der Waals surface area contributed by atoms with Crippen molar-refractivity contribution in [2.45, 2.75) is 52.1 Å². The first kappa shape index (κ1) is 25.1. The summed E-state index contributed by atoms with van der Waals surface area (Å²) in [6, 6.07) is 0. The smallest absolute Gasteiger partial charge is 0.240 e. The van der Waals surface area contributed by atoms with Gasteiger partial charge in [-0.15, -0.1) is 11.3 Å². The molecule has 0 bridgehead atoms. The molecule has 2 aliphatic carbocycles. The molecule has 0 aromatic carbocycles. The fourth-order valence-corrected chi connectivity index (χ4v) is 6.96. The van der Waals surface area contributed by atoms with E-state index < -0.39 is 6.10 Å². The molecular weight excluding hydrogens is 428 g/mol. The highest BCUT2D eigenvalue weighted by Gasteiger charge is 2.53. The predicted molar refractivity (Wildman–Crippen MR) is 126 cm³/mol. The number of carbonyl (C=O) groups excluding carboxylic acids is 2. The summed E-state index contributed by atoms with van der Waals surface area (Å²) in [6.45, 7) is 7.56. The molecule has 6 atom stereocenters. The summed E-state index contributed by atoms with van der Waals surface area (Å²) < 4.78 is 5.02. The quantitative estimate of drug-likeness (QED) is 0.507. The van der Waals surface area contributed by atoms with Crippen molar-refractivity contribution >= 4 is 28.3 Å². The fraction of sp³-hybridized carbons (Fsp3) is 0.783. The van der Waals surface area contributed by atoms with Crippen molar-refractivity contribution in [3.8, 4) is 0 Å². The molecule has 3 rings (SSSR count). The zero-order chi connectivity index (χ0) is 23.6. The van der Waals surface area contributed by atoms with Gasteiger partial charge >= 0.3 is 0 Å². The molecule has 8 nitrogen and oxygen atoms in total. The molecule has 0 unspecified atom stereocenters. The van der Waals surface area contributed by atoms with E-state index >= 15 is 0 Å². The van der Waals surface area contributed by atoms with Gasteiger partial charge in [0.15, 0.2) is 5.13 Å². The van der Waals surface area contributed by atoms with E-state index in [2.05, 4.69) is 24.5 Å². The van der Waals surface area contributed by atoms with E-state index in [9.17, 15) is 14.7 Å². The van der Waals surface area contributed by atoms with E-state index in [0.29, 0.717) is 24.8 Å². The molecule has 0 saturated heterocycles. The number of ether oxygens (including phenoxy) is 1. The van der Waals surface area contributed by atoms with E-state index in [1.165, 1.54) is 4.88 Å². The number of aliphatic hydroxyl groups excluding tert-OH is 1. The number of amides is 2. The average molecular weight is 467 g/mol. The molecular formula is C23H38N4O4S. The number of hydrogen-bond acceptors (Lipinski definition) is 7. The van der Waals surface area contributed by atoms with Crippen LogP contribution in [-0.2, 0) is 20.7 Å². The molecule has 3 N–H and O–H groups in total. The second-order valence-electron chi connectivity index (χ2n) is 10.0. The molecule has 2 aliphatic rings. The Kier molecular flexibility index (Phi) is 7.96. The van der Waals surface area contributed by atoms with E-state index in [-0.39, 0.29) is 40.9 Å². The third-order valence-electron chi connectivity index (χ3n) is 7.29. The van der Waals surface area contributed by atoms with Crippen molar-refractivity contribution in [1.82, 2.24) is 15.2 Å². The predicted octanol–water partition coefficient (Wildman–Crippen LogP) is 2.09. The Morgan fingerprint density at radius 1 is 1.41 bits per heavy atom. The maximum atomic E-state index is 12.6. The number of methoxy groups -OCH3 is 1. The normalized spacial score (nSPS) is 30.4. The van der Waals surface area contributed by atoms with E-state index in [0.717, 1.165) is 25.0 Å². The van der Waals surface area contributed by atoms with Crippen molar-refractivity contribution in [3.05, 3.63) is 10.6 Å². The Morgan fingerprint density at radius 2 is 2.12 bits per heavy atom. The van der Waals surface area contributed by atoms with Crippen LogP contribution in [0.2, 0.25) is 0 Å². The van der Waals surface area contributed by atoms with Crippen LogP contribution in [-0.4, -0.2) is 73.8 Å². The van der Waals surface area contributed by atoms with Gasteiger partial charge in [0.2, 0.25) is 11.8 Å². The van der Waals surface area contributed by atoms with Crippen molar-refractivity contribution in [1.29, 1.82) is 0 Å². The summed E-state index contributed by atoms with van der Waals surface area (Å²) >= 11 is 1.55. The number of nitrogens with one attached hydrogen (secondary N) is 2. The molecule has 0 spiro atoms. The number of anilines is 1. The molecule has 32 heavy (non-hydrogen) atoms. The lowest BCUT2D eigenvalue weighted by molar-refractivity contribution is -0.135. The zero-order valence-corrected chi connectivity index (χ0v) is 20.9. The van der Waals surface area contributed by atoms with Gasteiger partial charge in [0.1, 0.15) is 0 Å². The van der Waals surface area contributed by atoms with Crippen molar-refractivity contribution in [2.24, 2.45) is 23.2 Å². The molecule has 9 heteroatoms. The number of rotatable bonds is 8.